The van der Waals surface area contributed by atoms with Gasteiger partial charge in [0.2, 0.25) is 5.71 Å². The summed E-state index contributed by atoms with van der Waals surface area (Å²) >= 11 is 0. The van der Waals surface area contributed by atoms with Crippen LogP contribution in [0.25, 0.3) is 22.6 Å². The predicted molar refractivity (Wildman–Crippen MR) is 100 cm³/mol. The fraction of sp³-hybridized carbons (Fsp3) is 0.300. The maximum Gasteiger partial charge on any atom is 0.313 e. The van der Waals surface area contributed by atoms with Gasteiger partial charge in [0.15, 0.2) is 5.82 Å². The Morgan fingerprint density at radius 2 is 1.93 bits per heavy atom. The van der Waals surface area contributed by atoms with E-state index in [0.29, 0.717) is 28.8 Å². The van der Waals surface area contributed by atoms with Crippen molar-refractivity contribution < 1.29 is 13.3 Å². The molecule has 0 bridgehead atoms. The molecule has 1 atom stereocenters. The number of fused-ring (bicyclic) bond motifs is 1. The molecule has 0 saturated heterocycles. The first kappa shape index (κ1) is 16.9. The summed E-state index contributed by atoms with van der Waals surface area (Å²) in [4.78, 5) is 12.1. The molecule has 7 nitrogen and oxygen atoms in total. The van der Waals surface area contributed by atoms with Crippen molar-refractivity contribution in [3.05, 3.63) is 53.6 Å². The Bertz CT molecular complexity index is 1150. The van der Waals surface area contributed by atoms with E-state index in [1.807, 2.05) is 31.2 Å². The number of hydrogen-bond donors (Lipinski definition) is 1. The second kappa shape index (κ2) is 6.40. The molecule has 0 amide bonds. The van der Waals surface area contributed by atoms with Gasteiger partial charge in [-0.15, -0.1) is 0 Å². The molecule has 1 aromatic carbocycles. The number of nitrogens with zero attached hydrogens (tertiary/aromatic N) is 4. The van der Waals surface area contributed by atoms with Crippen LogP contribution in [0.1, 0.15) is 48.9 Å². The molecule has 5 rings (SSSR count). The first-order chi connectivity index (χ1) is 13.6. The highest BCUT2D eigenvalue weighted by Gasteiger charge is 2.29. The molecule has 0 aliphatic heterocycles. The fourth-order valence-corrected chi connectivity index (χ4v) is 3.19. The van der Waals surface area contributed by atoms with Crippen LogP contribution in [-0.4, -0.2) is 20.1 Å². The van der Waals surface area contributed by atoms with Crippen molar-refractivity contribution in [2.75, 3.05) is 5.32 Å². The van der Waals surface area contributed by atoms with Crippen LogP contribution < -0.4 is 5.32 Å². The van der Waals surface area contributed by atoms with Crippen LogP contribution in [0.4, 0.5) is 10.2 Å². The lowest BCUT2D eigenvalue weighted by Gasteiger charge is -2.15. The van der Waals surface area contributed by atoms with E-state index in [2.05, 4.69) is 25.4 Å². The highest BCUT2D eigenvalue weighted by atomic mass is 19.1. The van der Waals surface area contributed by atoms with Gasteiger partial charge in [0.1, 0.15) is 11.6 Å². The number of nitrogens with one attached hydrogen (secondary N) is 1. The van der Waals surface area contributed by atoms with Crippen LogP contribution in [0.15, 0.2) is 39.3 Å². The molecule has 3 aromatic heterocycles. The van der Waals surface area contributed by atoms with Crippen molar-refractivity contribution in [3.63, 3.8) is 0 Å². The van der Waals surface area contributed by atoms with Gasteiger partial charge in [-0.25, -0.2) is 0 Å². The summed E-state index contributed by atoms with van der Waals surface area (Å²) in [6, 6.07) is 9.52. The molecule has 142 valence electrons. The number of aromatic nitrogens is 4. The number of hydrogen-bond acceptors (Lipinski definition) is 7. The molecule has 1 fully saturated rings. The van der Waals surface area contributed by atoms with Crippen molar-refractivity contribution in [1.29, 1.82) is 0 Å². The summed E-state index contributed by atoms with van der Waals surface area (Å²) in [5, 5.41) is 7.94. The van der Waals surface area contributed by atoms with Gasteiger partial charge in [0.05, 0.1) is 5.39 Å². The molecule has 1 N–H and O–H groups in total. The van der Waals surface area contributed by atoms with Crippen molar-refractivity contribution >= 4 is 16.9 Å². The van der Waals surface area contributed by atoms with E-state index in [9.17, 15) is 4.39 Å². The zero-order chi connectivity index (χ0) is 19.3. The smallest absolute Gasteiger partial charge is 0.313 e. The Morgan fingerprint density at radius 3 is 2.68 bits per heavy atom. The maximum atomic E-state index is 13.7. The normalized spacial score (nSPS) is 15.1. The molecule has 0 spiro atoms. The lowest BCUT2D eigenvalue weighted by molar-refractivity contribution is 0.422. The molecule has 1 aliphatic carbocycles. The van der Waals surface area contributed by atoms with Gasteiger partial charge >= 0.3 is 6.08 Å². The summed E-state index contributed by atoms with van der Waals surface area (Å²) in [6.45, 7) is 3.77. The largest absolute Gasteiger partial charge is 0.443 e. The van der Waals surface area contributed by atoms with Crippen molar-refractivity contribution in [2.45, 2.75) is 38.6 Å². The third-order valence-electron chi connectivity index (χ3n) is 4.88. The number of furan rings is 1. The predicted octanol–water partition coefficient (Wildman–Crippen LogP) is 4.77. The lowest BCUT2D eigenvalue weighted by atomic mass is 10.1. The zero-order valence-corrected chi connectivity index (χ0v) is 15.4. The number of benzene rings is 1. The van der Waals surface area contributed by atoms with E-state index in [1.165, 1.54) is 0 Å². The number of rotatable bonds is 5. The quantitative estimate of drug-likeness (QED) is 0.499. The topological polar surface area (TPSA) is 89.9 Å². The van der Waals surface area contributed by atoms with Gasteiger partial charge < -0.3 is 14.3 Å². The van der Waals surface area contributed by atoms with Gasteiger partial charge in [0, 0.05) is 17.5 Å². The average Bonchev–Trinajstić information content (AvgIpc) is 3.28. The molecular weight excluding hydrogens is 361 g/mol. The Morgan fingerprint density at radius 1 is 1.14 bits per heavy atom. The summed E-state index contributed by atoms with van der Waals surface area (Å²) in [5.74, 6) is 2.83. The van der Waals surface area contributed by atoms with Gasteiger partial charge in [-0.3, -0.25) is 0 Å². The molecule has 1 saturated carbocycles. The fourth-order valence-electron chi connectivity index (χ4n) is 3.19. The third-order valence-corrected chi connectivity index (χ3v) is 4.88. The molecule has 0 unspecified atom stereocenters. The van der Waals surface area contributed by atoms with Crippen LogP contribution in [0.3, 0.4) is 0 Å². The minimum atomic E-state index is -0.824. The van der Waals surface area contributed by atoms with Crippen LogP contribution in [0.2, 0.25) is 0 Å². The van der Waals surface area contributed by atoms with E-state index in [4.69, 9.17) is 8.94 Å². The summed E-state index contributed by atoms with van der Waals surface area (Å²) in [6.07, 6.45) is 1.44. The monoisotopic (exact) mass is 379 g/mol. The maximum absolute atomic E-state index is 13.7. The molecule has 8 heteroatoms. The highest BCUT2D eigenvalue weighted by molar-refractivity contribution is 5.86. The summed E-state index contributed by atoms with van der Waals surface area (Å²) in [7, 11) is 0. The van der Waals surface area contributed by atoms with Crippen molar-refractivity contribution in [2.24, 2.45) is 0 Å². The molecular formula is C20H18FN5O2. The number of aryl methyl sites for hydroxylation is 1. The molecule has 4 aromatic rings. The SMILES string of the molecule is Cc1cc2c(N[C@@H](C)c3ccc(-c4nc(C5CC5)no4)cc3)nc(F)nc2o1. The van der Waals surface area contributed by atoms with Crippen LogP contribution in [-0.2, 0) is 0 Å². The minimum Gasteiger partial charge on any atom is -0.443 e. The standard InChI is InChI=1S/C20H18FN5O2/c1-10-9-15-17(24-20(21)25-19(15)27-10)22-11(2)12-3-7-14(8-4-12)18-23-16(26-28-18)13-5-6-13/h3-4,7-9,11,13H,5-6H2,1-2H3,(H,22,24,25)/t11-/m0/s1. The summed E-state index contributed by atoms with van der Waals surface area (Å²) < 4.78 is 24.5. The minimum absolute atomic E-state index is 0.105. The first-order valence-corrected chi connectivity index (χ1v) is 9.21. The van der Waals surface area contributed by atoms with Crippen molar-refractivity contribution in [3.8, 4) is 11.5 Å². The summed E-state index contributed by atoms with van der Waals surface area (Å²) in [5.41, 5.74) is 2.12. The lowest BCUT2D eigenvalue weighted by Crippen LogP contribution is -2.09. The average molecular weight is 379 g/mol. The molecule has 1 aliphatic rings. The van der Waals surface area contributed by atoms with E-state index >= 15 is 0 Å². The van der Waals surface area contributed by atoms with E-state index in [-0.39, 0.29) is 11.8 Å². The second-order valence-electron chi connectivity index (χ2n) is 7.14. The van der Waals surface area contributed by atoms with E-state index in [1.54, 1.807) is 13.0 Å². The third kappa shape index (κ3) is 3.11. The van der Waals surface area contributed by atoms with Crippen LogP contribution in [0, 0.1) is 13.0 Å². The van der Waals surface area contributed by atoms with Crippen molar-refractivity contribution in [1.82, 2.24) is 20.1 Å². The Balaban J connectivity index is 1.37. The van der Waals surface area contributed by atoms with Crippen LogP contribution in [0.5, 0.6) is 0 Å². The van der Waals surface area contributed by atoms with E-state index < -0.39 is 6.08 Å². The Labute approximate surface area is 160 Å². The molecule has 0 radical (unpaired) electrons. The molecule has 3 heterocycles. The molecule has 28 heavy (non-hydrogen) atoms. The van der Waals surface area contributed by atoms with E-state index in [0.717, 1.165) is 29.8 Å². The number of halogens is 1. The Kier molecular flexibility index (Phi) is 3.85. The van der Waals surface area contributed by atoms with Gasteiger partial charge in [0.25, 0.3) is 5.89 Å². The zero-order valence-electron chi connectivity index (χ0n) is 15.4. The van der Waals surface area contributed by atoms with Gasteiger partial charge in [-0.05, 0) is 50.5 Å². The first-order valence-electron chi connectivity index (χ1n) is 9.21. The van der Waals surface area contributed by atoms with Gasteiger partial charge in [-0.2, -0.15) is 19.3 Å². The Hall–Kier alpha value is -3.29. The number of anilines is 1. The second-order valence-corrected chi connectivity index (χ2v) is 7.14. The van der Waals surface area contributed by atoms with Gasteiger partial charge in [-0.1, -0.05) is 17.3 Å². The van der Waals surface area contributed by atoms with Crippen LogP contribution >= 0.6 is 0 Å². The highest BCUT2D eigenvalue weighted by Crippen LogP contribution is 2.39.